The second kappa shape index (κ2) is 7.75. The van der Waals surface area contributed by atoms with Crippen molar-refractivity contribution < 1.29 is 14.3 Å². The van der Waals surface area contributed by atoms with Crippen LogP contribution >= 0.6 is 11.3 Å². The molecule has 1 atom stereocenters. The predicted molar refractivity (Wildman–Crippen MR) is 110 cm³/mol. The van der Waals surface area contributed by atoms with E-state index >= 15 is 0 Å². The summed E-state index contributed by atoms with van der Waals surface area (Å²) in [6, 6.07) is 5.77. The number of carbonyl (C=O) groups is 2. The highest BCUT2D eigenvalue weighted by Gasteiger charge is 2.21. The number of nitrogens with one attached hydrogen (secondary N) is 2. The summed E-state index contributed by atoms with van der Waals surface area (Å²) in [5.74, 6) is 0.150. The molecular formula is C21H23N3O3S. The standard InChI is InChI=1S/C21H23N3O3S/c1-3-27-19(25)10-14-11-28-21(22-14)24-20(26)13-5-7-18-16(9-13)15-8-12(2)4-6-17(15)23-18/h5,7,9,11-12,23H,3-4,6,8,10H2,1-2H3,(H,22,24,26). The topological polar surface area (TPSA) is 84.1 Å². The van der Waals surface area contributed by atoms with E-state index in [2.05, 4.69) is 22.2 Å². The Morgan fingerprint density at radius 3 is 3.07 bits per heavy atom. The molecule has 2 heterocycles. The van der Waals surface area contributed by atoms with Crippen molar-refractivity contribution in [2.75, 3.05) is 11.9 Å². The lowest BCUT2D eigenvalue weighted by atomic mass is 9.87. The quantitative estimate of drug-likeness (QED) is 0.635. The van der Waals surface area contributed by atoms with Crippen molar-refractivity contribution >= 4 is 39.2 Å². The number of aryl methyl sites for hydroxylation is 1. The van der Waals surface area contributed by atoms with Gasteiger partial charge in [-0.25, -0.2) is 4.98 Å². The molecule has 1 aromatic carbocycles. The minimum atomic E-state index is -0.317. The van der Waals surface area contributed by atoms with Crippen molar-refractivity contribution in [1.82, 2.24) is 9.97 Å². The molecule has 0 spiro atoms. The zero-order valence-corrected chi connectivity index (χ0v) is 16.8. The molecule has 1 amide bonds. The first kappa shape index (κ1) is 18.7. The van der Waals surface area contributed by atoms with Gasteiger partial charge in [-0.2, -0.15) is 0 Å². The smallest absolute Gasteiger partial charge is 0.311 e. The van der Waals surface area contributed by atoms with Crippen LogP contribution in [0.3, 0.4) is 0 Å². The average Bonchev–Trinajstić information content (AvgIpc) is 3.25. The van der Waals surface area contributed by atoms with Crippen LogP contribution in [0.4, 0.5) is 5.13 Å². The minimum Gasteiger partial charge on any atom is -0.466 e. The Labute approximate surface area is 167 Å². The number of hydrogen-bond acceptors (Lipinski definition) is 5. The summed E-state index contributed by atoms with van der Waals surface area (Å²) in [5, 5.41) is 6.22. The van der Waals surface area contributed by atoms with Crippen molar-refractivity contribution in [2.24, 2.45) is 5.92 Å². The zero-order valence-electron chi connectivity index (χ0n) is 16.0. The number of anilines is 1. The van der Waals surface area contributed by atoms with Gasteiger partial charge in [0, 0.05) is 27.5 Å². The number of nitrogens with zero attached hydrogens (tertiary/aromatic N) is 1. The van der Waals surface area contributed by atoms with Crippen molar-refractivity contribution in [2.45, 2.75) is 39.5 Å². The Kier molecular flexibility index (Phi) is 5.17. The van der Waals surface area contributed by atoms with E-state index in [1.54, 1.807) is 12.3 Å². The number of fused-ring (bicyclic) bond motifs is 3. The summed E-state index contributed by atoms with van der Waals surface area (Å²) < 4.78 is 4.93. The van der Waals surface area contributed by atoms with Gasteiger partial charge in [0.2, 0.25) is 0 Å². The van der Waals surface area contributed by atoms with Crippen molar-refractivity contribution in [3.8, 4) is 0 Å². The monoisotopic (exact) mass is 397 g/mol. The fourth-order valence-electron chi connectivity index (χ4n) is 3.71. The largest absolute Gasteiger partial charge is 0.466 e. The first-order valence-electron chi connectivity index (χ1n) is 9.58. The second-order valence-corrected chi connectivity index (χ2v) is 8.13. The summed E-state index contributed by atoms with van der Waals surface area (Å²) in [6.45, 7) is 4.38. The van der Waals surface area contributed by atoms with Crippen molar-refractivity contribution in [1.29, 1.82) is 0 Å². The molecule has 6 nitrogen and oxygen atoms in total. The number of carbonyl (C=O) groups excluding carboxylic acids is 2. The summed E-state index contributed by atoms with van der Waals surface area (Å²) >= 11 is 1.30. The summed E-state index contributed by atoms with van der Waals surface area (Å²) in [4.78, 5) is 32.1. The summed E-state index contributed by atoms with van der Waals surface area (Å²) in [7, 11) is 0. The third-order valence-corrected chi connectivity index (χ3v) is 5.91. The molecule has 0 saturated carbocycles. The number of benzene rings is 1. The van der Waals surface area contributed by atoms with Crippen molar-refractivity contribution in [3.05, 3.63) is 46.1 Å². The fraction of sp³-hybridized carbons (Fsp3) is 0.381. The van der Waals surface area contributed by atoms with Crippen LogP contribution in [0.5, 0.6) is 0 Å². The van der Waals surface area contributed by atoms with Gasteiger partial charge in [-0.15, -0.1) is 11.3 Å². The molecular weight excluding hydrogens is 374 g/mol. The number of esters is 1. The molecule has 0 saturated heterocycles. The summed E-state index contributed by atoms with van der Waals surface area (Å²) in [5.41, 5.74) is 4.93. The van der Waals surface area contributed by atoms with Crippen LogP contribution in [-0.2, 0) is 28.8 Å². The molecule has 1 aliphatic carbocycles. The number of rotatable bonds is 5. The van der Waals surface area contributed by atoms with E-state index in [9.17, 15) is 9.59 Å². The summed E-state index contributed by atoms with van der Waals surface area (Å²) in [6.07, 6.45) is 3.42. The normalized spacial score (nSPS) is 16.0. The average molecular weight is 398 g/mol. The molecule has 1 aliphatic rings. The lowest BCUT2D eigenvalue weighted by Gasteiger charge is -2.18. The lowest BCUT2D eigenvalue weighted by Crippen LogP contribution is -2.12. The Bertz CT molecular complexity index is 1040. The van der Waals surface area contributed by atoms with Gasteiger partial charge in [-0.05, 0) is 55.9 Å². The van der Waals surface area contributed by atoms with Gasteiger partial charge < -0.3 is 9.72 Å². The van der Waals surface area contributed by atoms with E-state index in [1.165, 1.54) is 29.0 Å². The van der Waals surface area contributed by atoms with Crippen LogP contribution < -0.4 is 5.32 Å². The number of aromatic nitrogens is 2. The van der Waals surface area contributed by atoms with Gasteiger partial charge in [-0.3, -0.25) is 14.9 Å². The first-order valence-corrected chi connectivity index (χ1v) is 10.5. The molecule has 146 valence electrons. The molecule has 0 fully saturated rings. The third-order valence-electron chi connectivity index (χ3n) is 5.10. The van der Waals surface area contributed by atoms with E-state index in [4.69, 9.17) is 4.74 Å². The number of hydrogen-bond donors (Lipinski definition) is 2. The highest BCUT2D eigenvalue weighted by Crippen LogP contribution is 2.32. The Balaban J connectivity index is 1.51. The molecule has 0 bridgehead atoms. The van der Waals surface area contributed by atoms with Gasteiger partial charge in [0.25, 0.3) is 5.91 Å². The predicted octanol–water partition coefficient (Wildman–Crippen LogP) is 4.11. The maximum atomic E-state index is 12.7. The minimum absolute atomic E-state index is 0.111. The molecule has 1 unspecified atom stereocenters. The van der Waals surface area contributed by atoms with Crippen LogP contribution in [0.25, 0.3) is 10.9 Å². The maximum absolute atomic E-state index is 12.7. The van der Waals surface area contributed by atoms with E-state index in [0.29, 0.717) is 28.9 Å². The highest BCUT2D eigenvalue weighted by molar-refractivity contribution is 7.14. The Hall–Kier alpha value is -2.67. The van der Waals surface area contributed by atoms with E-state index in [1.807, 2.05) is 18.2 Å². The SMILES string of the molecule is CCOC(=O)Cc1csc(NC(=O)c2ccc3[nH]c4c(c3c2)CC(C)CC4)n1. The second-order valence-electron chi connectivity index (χ2n) is 7.27. The highest BCUT2D eigenvalue weighted by atomic mass is 32.1. The lowest BCUT2D eigenvalue weighted by molar-refractivity contribution is -0.142. The molecule has 2 aromatic heterocycles. The van der Waals surface area contributed by atoms with E-state index in [0.717, 1.165) is 23.7 Å². The van der Waals surface area contributed by atoms with Crippen molar-refractivity contribution in [3.63, 3.8) is 0 Å². The van der Waals surface area contributed by atoms with Gasteiger partial charge in [0.15, 0.2) is 5.13 Å². The van der Waals surface area contributed by atoms with Gasteiger partial charge in [0.05, 0.1) is 18.7 Å². The van der Waals surface area contributed by atoms with Crippen LogP contribution in [0, 0.1) is 5.92 Å². The van der Waals surface area contributed by atoms with Gasteiger partial charge in [-0.1, -0.05) is 6.92 Å². The molecule has 3 aromatic rings. The third kappa shape index (κ3) is 3.80. The molecule has 7 heteroatoms. The zero-order chi connectivity index (χ0) is 19.7. The Morgan fingerprint density at radius 1 is 1.39 bits per heavy atom. The maximum Gasteiger partial charge on any atom is 0.311 e. The van der Waals surface area contributed by atoms with E-state index in [-0.39, 0.29) is 18.3 Å². The molecule has 2 N–H and O–H groups in total. The molecule has 28 heavy (non-hydrogen) atoms. The van der Waals surface area contributed by atoms with E-state index < -0.39 is 0 Å². The molecule has 0 aliphatic heterocycles. The number of ether oxygens (including phenoxy) is 1. The van der Waals surface area contributed by atoms with Gasteiger partial charge in [0.1, 0.15) is 0 Å². The number of thiazole rings is 1. The number of H-pyrrole nitrogens is 1. The number of amides is 1. The first-order chi connectivity index (χ1) is 13.5. The van der Waals surface area contributed by atoms with Crippen LogP contribution in [0.2, 0.25) is 0 Å². The Morgan fingerprint density at radius 2 is 2.25 bits per heavy atom. The van der Waals surface area contributed by atoms with Crippen LogP contribution in [0.15, 0.2) is 23.6 Å². The fourth-order valence-corrected chi connectivity index (χ4v) is 4.41. The van der Waals surface area contributed by atoms with Gasteiger partial charge >= 0.3 is 5.97 Å². The molecule has 0 radical (unpaired) electrons. The van der Waals surface area contributed by atoms with Crippen LogP contribution in [-0.4, -0.2) is 28.5 Å². The number of aromatic amines is 1. The van der Waals surface area contributed by atoms with Crippen LogP contribution in [0.1, 0.15) is 47.6 Å². The molecule has 4 rings (SSSR count).